The van der Waals surface area contributed by atoms with Gasteiger partial charge in [0.05, 0.1) is 33.1 Å². The van der Waals surface area contributed by atoms with E-state index in [9.17, 15) is 9.59 Å². The molecule has 0 aliphatic rings. The summed E-state index contributed by atoms with van der Waals surface area (Å²) in [4.78, 5) is 24.7. The number of esters is 1. The lowest BCUT2D eigenvalue weighted by Crippen LogP contribution is -2.17. The van der Waals surface area contributed by atoms with Crippen LogP contribution < -0.4 is 24.4 Å². The fraction of sp³-hybridized carbons (Fsp3) is 0.125. The molecule has 3 rings (SSSR count). The average molecular weight is 434 g/mol. The highest BCUT2D eigenvalue weighted by Crippen LogP contribution is 2.28. The predicted molar refractivity (Wildman–Crippen MR) is 119 cm³/mol. The average Bonchev–Trinajstić information content (AvgIpc) is 2.84. The van der Waals surface area contributed by atoms with Gasteiger partial charge in [0.2, 0.25) is 0 Å². The van der Waals surface area contributed by atoms with E-state index in [4.69, 9.17) is 18.9 Å². The van der Waals surface area contributed by atoms with Crippen LogP contribution in [0.4, 0.5) is 0 Å². The first-order valence-electron chi connectivity index (χ1n) is 9.55. The molecule has 0 heterocycles. The maximum Gasteiger partial charge on any atom is 0.343 e. The van der Waals surface area contributed by atoms with Crippen molar-refractivity contribution in [1.29, 1.82) is 0 Å². The Morgan fingerprint density at radius 2 is 1.34 bits per heavy atom. The minimum Gasteiger partial charge on any atom is -0.497 e. The number of rotatable bonds is 8. The van der Waals surface area contributed by atoms with Crippen LogP contribution in [0.5, 0.6) is 23.0 Å². The summed E-state index contributed by atoms with van der Waals surface area (Å²) in [5.41, 5.74) is 3.84. The van der Waals surface area contributed by atoms with Crippen molar-refractivity contribution in [2.45, 2.75) is 0 Å². The van der Waals surface area contributed by atoms with Crippen molar-refractivity contribution in [3.05, 3.63) is 83.4 Å². The zero-order valence-electron chi connectivity index (χ0n) is 17.8. The summed E-state index contributed by atoms with van der Waals surface area (Å²) >= 11 is 0. The number of hydrogen-bond acceptors (Lipinski definition) is 7. The predicted octanol–water partition coefficient (Wildman–Crippen LogP) is 3.70. The SMILES string of the molecule is COc1ccc(C(=O)NN=Cc2ccc(OC)c(OC(=O)c3ccc(OC)cc3)c2)cc1. The van der Waals surface area contributed by atoms with Gasteiger partial charge >= 0.3 is 5.97 Å². The summed E-state index contributed by atoms with van der Waals surface area (Å²) in [7, 11) is 4.57. The molecule has 0 aromatic heterocycles. The van der Waals surface area contributed by atoms with E-state index in [0.717, 1.165) is 0 Å². The van der Waals surface area contributed by atoms with Gasteiger partial charge in [0.25, 0.3) is 5.91 Å². The van der Waals surface area contributed by atoms with Crippen molar-refractivity contribution < 1.29 is 28.5 Å². The second-order valence-corrected chi connectivity index (χ2v) is 6.46. The van der Waals surface area contributed by atoms with Crippen LogP contribution in [0.25, 0.3) is 0 Å². The summed E-state index contributed by atoms with van der Waals surface area (Å²) in [6.45, 7) is 0. The van der Waals surface area contributed by atoms with E-state index < -0.39 is 5.97 Å². The van der Waals surface area contributed by atoms with Crippen molar-refractivity contribution in [3.8, 4) is 23.0 Å². The van der Waals surface area contributed by atoms with Crippen LogP contribution in [-0.2, 0) is 0 Å². The van der Waals surface area contributed by atoms with Gasteiger partial charge in [-0.3, -0.25) is 4.79 Å². The maximum atomic E-state index is 12.5. The number of methoxy groups -OCH3 is 3. The topological polar surface area (TPSA) is 95.5 Å². The Balaban J connectivity index is 1.69. The molecule has 3 aromatic carbocycles. The molecule has 0 radical (unpaired) electrons. The number of hydrogen-bond donors (Lipinski definition) is 1. The van der Waals surface area contributed by atoms with Gasteiger partial charge in [-0.15, -0.1) is 0 Å². The smallest absolute Gasteiger partial charge is 0.343 e. The molecule has 0 fully saturated rings. The van der Waals surface area contributed by atoms with Crippen molar-refractivity contribution in [2.24, 2.45) is 5.10 Å². The Morgan fingerprint density at radius 1 is 0.750 bits per heavy atom. The Hall–Kier alpha value is -4.33. The third kappa shape index (κ3) is 5.63. The summed E-state index contributed by atoms with van der Waals surface area (Å²) < 4.78 is 20.9. The standard InChI is InChI=1S/C24H22N2O6/c1-29-19-9-5-17(6-10-19)23(27)26-25-15-16-4-13-21(31-3)22(14-16)32-24(28)18-7-11-20(30-2)12-8-18/h4-15H,1-3H3,(H,26,27). The van der Waals surface area contributed by atoms with E-state index in [-0.39, 0.29) is 11.7 Å². The van der Waals surface area contributed by atoms with E-state index in [1.807, 2.05) is 0 Å². The molecule has 0 aliphatic heterocycles. The number of ether oxygens (including phenoxy) is 4. The zero-order chi connectivity index (χ0) is 22.9. The number of benzene rings is 3. The van der Waals surface area contributed by atoms with Crippen LogP contribution in [0.3, 0.4) is 0 Å². The molecule has 8 nitrogen and oxygen atoms in total. The van der Waals surface area contributed by atoms with E-state index >= 15 is 0 Å². The van der Waals surface area contributed by atoms with Gasteiger partial charge < -0.3 is 18.9 Å². The van der Waals surface area contributed by atoms with Crippen LogP contribution in [0.2, 0.25) is 0 Å². The van der Waals surface area contributed by atoms with Gasteiger partial charge in [-0.25, -0.2) is 10.2 Å². The third-order valence-corrected chi connectivity index (χ3v) is 4.45. The van der Waals surface area contributed by atoms with Gasteiger partial charge in [-0.05, 0) is 72.3 Å². The normalized spacial score (nSPS) is 10.5. The van der Waals surface area contributed by atoms with Gasteiger partial charge in [-0.2, -0.15) is 5.10 Å². The lowest BCUT2D eigenvalue weighted by molar-refractivity contribution is 0.0729. The van der Waals surface area contributed by atoms with Crippen LogP contribution in [0.15, 0.2) is 71.8 Å². The molecule has 164 valence electrons. The Morgan fingerprint density at radius 3 is 1.91 bits per heavy atom. The molecule has 0 aliphatic carbocycles. The van der Waals surface area contributed by atoms with Crippen LogP contribution >= 0.6 is 0 Å². The molecule has 1 amide bonds. The highest BCUT2D eigenvalue weighted by atomic mass is 16.6. The molecule has 8 heteroatoms. The van der Waals surface area contributed by atoms with Gasteiger partial charge in [0, 0.05) is 5.56 Å². The first-order valence-corrected chi connectivity index (χ1v) is 9.55. The zero-order valence-corrected chi connectivity index (χ0v) is 17.8. The van der Waals surface area contributed by atoms with Gasteiger partial charge in [0.15, 0.2) is 11.5 Å². The van der Waals surface area contributed by atoms with Gasteiger partial charge in [-0.1, -0.05) is 0 Å². The minimum atomic E-state index is -0.548. The van der Waals surface area contributed by atoms with Crippen molar-refractivity contribution in [3.63, 3.8) is 0 Å². The van der Waals surface area contributed by atoms with E-state index in [1.165, 1.54) is 13.3 Å². The fourth-order valence-corrected chi connectivity index (χ4v) is 2.71. The molecule has 0 saturated carbocycles. The Kier molecular flexibility index (Phi) is 7.42. The molecular formula is C24H22N2O6. The summed E-state index contributed by atoms with van der Waals surface area (Å²) in [5, 5.41) is 3.96. The largest absolute Gasteiger partial charge is 0.497 e. The Bertz CT molecular complexity index is 1110. The van der Waals surface area contributed by atoms with E-state index in [2.05, 4.69) is 10.5 Å². The minimum absolute atomic E-state index is 0.221. The summed E-state index contributed by atoms with van der Waals surface area (Å²) in [6.07, 6.45) is 1.44. The number of carbonyl (C=O) groups is 2. The Labute approximate surface area is 185 Å². The molecule has 3 aromatic rings. The molecule has 32 heavy (non-hydrogen) atoms. The van der Waals surface area contributed by atoms with E-state index in [0.29, 0.717) is 33.9 Å². The third-order valence-electron chi connectivity index (χ3n) is 4.45. The molecule has 0 unspecified atom stereocenters. The lowest BCUT2D eigenvalue weighted by Gasteiger charge is -2.10. The second kappa shape index (κ2) is 10.6. The van der Waals surface area contributed by atoms with Crippen molar-refractivity contribution in [2.75, 3.05) is 21.3 Å². The summed E-state index contributed by atoms with van der Waals surface area (Å²) in [5.74, 6) is 0.968. The first kappa shape index (κ1) is 22.4. The second-order valence-electron chi connectivity index (χ2n) is 6.46. The number of nitrogens with zero attached hydrogens (tertiary/aromatic N) is 1. The molecule has 0 saturated heterocycles. The molecule has 0 bridgehead atoms. The molecule has 1 N–H and O–H groups in total. The molecular weight excluding hydrogens is 412 g/mol. The first-order chi connectivity index (χ1) is 15.5. The summed E-state index contributed by atoms with van der Waals surface area (Å²) in [6, 6.07) is 18.1. The number of nitrogens with one attached hydrogen (secondary N) is 1. The monoisotopic (exact) mass is 434 g/mol. The maximum absolute atomic E-state index is 12.5. The van der Waals surface area contributed by atoms with Gasteiger partial charge in [0.1, 0.15) is 11.5 Å². The number of carbonyl (C=O) groups excluding carboxylic acids is 2. The van der Waals surface area contributed by atoms with E-state index in [1.54, 1.807) is 80.9 Å². The fourth-order valence-electron chi connectivity index (χ4n) is 2.71. The highest BCUT2D eigenvalue weighted by molar-refractivity contribution is 5.95. The quantitative estimate of drug-likeness (QED) is 0.251. The molecule has 0 spiro atoms. The van der Waals surface area contributed by atoms with Crippen molar-refractivity contribution in [1.82, 2.24) is 5.43 Å². The van der Waals surface area contributed by atoms with Crippen molar-refractivity contribution >= 4 is 18.1 Å². The van der Waals surface area contributed by atoms with Crippen LogP contribution in [-0.4, -0.2) is 39.4 Å². The lowest BCUT2D eigenvalue weighted by atomic mass is 10.2. The number of amides is 1. The highest BCUT2D eigenvalue weighted by Gasteiger charge is 2.13. The number of hydrazone groups is 1. The van der Waals surface area contributed by atoms with Crippen LogP contribution in [0.1, 0.15) is 26.3 Å². The van der Waals surface area contributed by atoms with Crippen LogP contribution in [0, 0.1) is 0 Å². The molecule has 0 atom stereocenters.